The molecule has 2 nitrogen and oxygen atoms in total. The Labute approximate surface area is 97.6 Å². The van der Waals surface area contributed by atoms with Gasteiger partial charge >= 0.3 is 0 Å². The van der Waals surface area contributed by atoms with E-state index in [0.717, 1.165) is 21.2 Å². The van der Waals surface area contributed by atoms with E-state index >= 15 is 0 Å². The minimum atomic E-state index is -0.0313. The van der Waals surface area contributed by atoms with Crippen molar-refractivity contribution < 1.29 is 4.42 Å². The van der Waals surface area contributed by atoms with Crippen molar-refractivity contribution in [1.29, 1.82) is 0 Å². The van der Waals surface area contributed by atoms with Gasteiger partial charge in [-0.3, -0.25) is 0 Å². The summed E-state index contributed by atoms with van der Waals surface area (Å²) < 4.78 is 6.76. The normalized spacial score (nSPS) is 13.7. The third-order valence-corrected chi connectivity index (χ3v) is 3.04. The van der Waals surface area contributed by atoms with Crippen LogP contribution in [0.25, 0.3) is 11.0 Å². The van der Waals surface area contributed by atoms with Crippen LogP contribution < -0.4 is 5.73 Å². The minimum absolute atomic E-state index is 0.0313. The molecule has 0 saturated carbocycles. The Hall–Kier alpha value is -0.800. The first kappa shape index (κ1) is 10.7. The number of halogens is 1. The van der Waals surface area contributed by atoms with Crippen molar-refractivity contribution in [2.45, 2.75) is 19.9 Å². The van der Waals surface area contributed by atoms with E-state index in [2.05, 4.69) is 29.8 Å². The van der Waals surface area contributed by atoms with Gasteiger partial charge in [0.2, 0.25) is 0 Å². The number of hydrogen-bond donors (Lipinski definition) is 1. The van der Waals surface area contributed by atoms with Crippen LogP contribution in [0.2, 0.25) is 0 Å². The van der Waals surface area contributed by atoms with Gasteiger partial charge in [-0.2, -0.15) is 0 Å². The Morgan fingerprint density at radius 2 is 2.00 bits per heavy atom. The molecule has 1 atom stereocenters. The molecule has 3 heteroatoms. The molecule has 80 valence electrons. The highest BCUT2D eigenvalue weighted by Gasteiger charge is 2.15. The minimum Gasteiger partial charge on any atom is -0.459 e. The van der Waals surface area contributed by atoms with Crippen molar-refractivity contribution in [1.82, 2.24) is 0 Å². The molecule has 2 rings (SSSR count). The van der Waals surface area contributed by atoms with Crippen LogP contribution in [0.15, 0.2) is 33.2 Å². The highest BCUT2D eigenvalue weighted by atomic mass is 79.9. The monoisotopic (exact) mass is 267 g/mol. The summed E-state index contributed by atoms with van der Waals surface area (Å²) >= 11 is 3.43. The Kier molecular flexibility index (Phi) is 2.85. The van der Waals surface area contributed by atoms with Crippen molar-refractivity contribution in [2.75, 3.05) is 0 Å². The first-order chi connectivity index (χ1) is 7.08. The van der Waals surface area contributed by atoms with Gasteiger partial charge in [-0.25, -0.2) is 0 Å². The molecule has 2 aromatic rings. The lowest BCUT2D eigenvalue weighted by Gasteiger charge is -2.11. The van der Waals surface area contributed by atoms with Gasteiger partial charge in [0.05, 0.1) is 6.04 Å². The van der Waals surface area contributed by atoms with Crippen LogP contribution >= 0.6 is 15.9 Å². The first-order valence-electron chi connectivity index (χ1n) is 5.02. The fourth-order valence-corrected chi connectivity index (χ4v) is 1.91. The second kappa shape index (κ2) is 3.99. The summed E-state index contributed by atoms with van der Waals surface area (Å²) in [5.41, 5.74) is 6.93. The van der Waals surface area contributed by atoms with Crippen LogP contribution in [0.4, 0.5) is 0 Å². The Balaban J connectivity index is 2.47. The molecule has 1 heterocycles. The quantitative estimate of drug-likeness (QED) is 0.898. The zero-order valence-corrected chi connectivity index (χ0v) is 10.4. The van der Waals surface area contributed by atoms with Gasteiger partial charge in [-0.15, -0.1) is 0 Å². The van der Waals surface area contributed by atoms with E-state index in [1.165, 1.54) is 0 Å². The van der Waals surface area contributed by atoms with Gasteiger partial charge in [0.25, 0.3) is 0 Å². The van der Waals surface area contributed by atoms with Crippen molar-refractivity contribution in [3.63, 3.8) is 0 Å². The third kappa shape index (κ3) is 2.08. The number of hydrogen-bond acceptors (Lipinski definition) is 2. The highest BCUT2D eigenvalue weighted by molar-refractivity contribution is 9.10. The zero-order valence-electron chi connectivity index (χ0n) is 8.83. The van der Waals surface area contributed by atoms with E-state index in [9.17, 15) is 0 Å². The molecular weight excluding hydrogens is 254 g/mol. The number of benzene rings is 1. The molecule has 0 spiro atoms. The van der Waals surface area contributed by atoms with E-state index in [1.807, 2.05) is 24.3 Å². The zero-order chi connectivity index (χ0) is 11.0. The Morgan fingerprint density at radius 1 is 1.27 bits per heavy atom. The van der Waals surface area contributed by atoms with Crippen LogP contribution in [-0.4, -0.2) is 0 Å². The van der Waals surface area contributed by atoms with Crippen LogP contribution in [0.5, 0.6) is 0 Å². The topological polar surface area (TPSA) is 39.2 Å². The first-order valence-corrected chi connectivity index (χ1v) is 5.82. The number of furan rings is 1. The summed E-state index contributed by atoms with van der Waals surface area (Å²) in [6, 6.07) is 7.95. The lowest BCUT2D eigenvalue weighted by Crippen LogP contribution is -2.15. The lowest BCUT2D eigenvalue weighted by molar-refractivity contribution is 0.418. The molecule has 2 N–H and O–H groups in total. The predicted octanol–water partition coefficient (Wildman–Crippen LogP) is 3.85. The molecule has 1 aromatic carbocycles. The summed E-state index contributed by atoms with van der Waals surface area (Å²) in [7, 11) is 0. The van der Waals surface area contributed by atoms with E-state index < -0.39 is 0 Å². The lowest BCUT2D eigenvalue weighted by atomic mass is 10.0. The number of rotatable bonds is 2. The third-order valence-electron chi connectivity index (χ3n) is 2.54. The van der Waals surface area contributed by atoms with E-state index in [1.54, 1.807) is 0 Å². The fraction of sp³-hybridized carbons (Fsp3) is 0.333. The van der Waals surface area contributed by atoms with E-state index in [-0.39, 0.29) is 6.04 Å². The number of fused-ring (bicyclic) bond motifs is 1. The molecule has 0 fully saturated rings. The number of nitrogens with two attached hydrogens (primary N) is 1. The van der Waals surface area contributed by atoms with Crippen molar-refractivity contribution >= 4 is 26.9 Å². The van der Waals surface area contributed by atoms with Crippen LogP contribution in [0.3, 0.4) is 0 Å². The maximum Gasteiger partial charge on any atom is 0.134 e. The van der Waals surface area contributed by atoms with E-state index in [0.29, 0.717) is 5.92 Å². The molecule has 0 unspecified atom stereocenters. The van der Waals surface area contributed by atoms with Crippen LogP contribution in [0.1, 0.15) is 25.6 Å². The SMILES string of the molecule is CC(C)[C@H](N)c1cc2cc(Br)ccc2o1. The van der Waals surface area contributed by atoms with Gasteiger partial charge in [-0.05, 0) is 30.2 Å². The van der Waals surface area contributed by atoms with Crippen molar-refractivity contribution in [3.05, 3.63) is 34.5 Å². The van der Waals surface area contributed by atoms with Gasteiger partial charge in [0.1, 0.15) is 11.3 Å². The summed E-state index contributed by atoms with van der Waals surface area (Å²) in [4.78, 5) is 0. The van der Waals surface area contributed by atoms with Crippen molar-refractivity contribution in [3.8, 4) is 0 Å². The standard InChI is InChI=1S/C12H14BrNO/c1-7(2)12(14)11-6-8-5-9(13)3-4-10(8)15-11/h3-7,12H,14H2,1-2H3/t12-/m0/s1. The van der Waals surface area contributed by atoms with Crippen molar-refractivity contribution in [2.24, 2.45) is 11.7 Å². The molecule has 15 heavy (non-hydrogen) atoms. The van der Waals surface area contributed by atoms with Gasteiger partial charge in [-0.1, -0.05) is 29.8 Å². The molecule has 0 radical (unpaired) electrons. The van der Waals surface area contributed by atoms with Gasteiger partial charge < -0.3 is 10.2 Å². The predicted molar refractivity (Wildman–Crippen MR) is 65.7 cm³/mol. The largest absolute Gasteiger partial charge is 0.459 e. The summed E-state index contributed by atoms with van der Waals surface area (Å²) in [6.07, 6.45) is 0. The fourth-order valence-electron chi connectivity index (χ4n) is 1.53. The highest BCUT2D eigenvalue weighted by Crippen LogP contribution is 2.28. The summed E-state index contributed by atoms with van der Waals surface area (Å²) in [5.74, 6) is 1.24. The second-order valence-electron chi connectivity index (χ2n) is 4.10. The summed E-state index contributed by atoms with van der Waals surface area (Å²) in [5, 5.41) is 1.09. The molecule has 0 aliphatic rings. The molecule has 0 saturated heterocycles. The Bertz CT molecular complexity index is 475. The van der Waals surface area contributed by atoms with Crippen LogP contribution in [0, 0.1) is 5.92 Å². The molecule has 1 aromatic heterocycles. The molecule has 0 aliphatic carbocycles. The molecule has 0 bridgehead atoms. The Morgan fingerprint density at radius 3 is 2.67 bits per heavy atom. The molecule has 0 amide bonds. The summed E-state index contributed by atoms with van der Waals surface area (Å²) in [6.45, 7) is 4.18. The average Bonchev–Trinajstić information content (AvgIpc) is 2.58. The van der Waals surface area contributed by atoms with Gasteiger partial charge in [0, 0.05) is 9.86 Å². The smallest absolute Gasteiger partial charge is 0.134 e. The van der Waals surface area contributed by atoms with Crippen LogP contribution in [-0.2, 0) is 0 Å². The van der Waals surface area contributed by atoms with Gasteiger partial charge in [0.15, 0.2) is 0 Å². The van der Waals surface area contributed by atoms with E-state index in [4.69, 9.17) is 10.2 Å². The maximum absolute atomic E-state index is 6.03. The average molecular weight is 268 g/mol. The second-order valence-corrected chi connectivity index (χ2v) is 5.02. The molecule has 0 aliphatic heterocycles. The maximum atomic E-state index is 6.03. The molecular formula is C12H14BrNO.